The number of thiazole rings is 1. The van der Waals surface area contributed by atoms with E-state index in [0.717, 1.165) is 5.01 Å². The maximum Gasteiger partial charge on any atom is 0.129 e. The zero-order valence-electron chi connectivity index (χ0n) is 9.48. The van der Waals surface area contributed by atoms with Crippen molar-refractivity contribution in [2.75, 3.05) is 5.73 Å². The highest BCUT2D eigenvalue weighted by Gasteiger charge is 2.09. The van der Waals surface area contributed by atoms with Crippen molar-refractivity contribution in [2.24, 2.45) is 0 Å². The number of rotatable bonds is 4. The molecule has 90 valence electrons. The molecule has 3 N–H and O–H groups in total. The molecule has 0 aliphatic heterocycles. The standard InChI is InChI=1S/C12H14FN3S/c1-8(12-15-4-5-17-12)16-7-9-2-3-10(14)6-11(9)13/h2-6,8,16H,7,14H2,1H3. The van der Waals surface area contributed by atoms with E-state index in [-0.39, 0.29) is 11.9 Å². The van der Waals surface area contributed by atoms with Crippen LogP contribution in [0.3, 0.4) is 0 Å². The molecule has 0 aliphatic rings. The molecule has 0 fully saturated rings. The number of hydrogen-bond donors (Lipinski definition) is 2. The highest BCUT2D eigenvalue weighted by atomic mass is 32.1. The zero-order valence-corrected chi connectivity index (χ0v) is 10.3. The molecule has 2 aromatic rings. The Hall–Kier alpha value is -1.46. The summed E-state index contributed by atoms with van der Waals surface area (Å²) < 4.78 is 13.5. The fourth-order valence-electron chi connectivity index (χ4n) is 1.51. The van der Waals surface area contributed by atoms with Gasteiger partial charge in [-0.1, -0.05) is 6.07 Å². The van der Waals surface area contributed by atoms with Crippen molar-refractivity contribution >= 4 is 17.0 Å². The van der Waals surface area contributed by atoms with Crippen LogP contribution in [-0.4, -0.2) is 4.98 Å². The molecule has 3 nitrogen and oxygen atoms in total. The first-order valence-electron chi connectivity index (χ1n) is 5.33. The van der Waals surface area contributed by atoms with Crippen LogP contribution in [-0.2, 0) is 6.54 Å². The summed E-state index contributed by atoms with van der Waals surface area (Å²) in [6.45, 7) is 2.47. The number of nitrogens with one attached hydrogen (secondary N) is 1. The second-order valence-corrected chi connectivity index (χ2v) is 4.75. The maximum absolute atomic E-state index is 13.5. The van der Waals surface area contributed by atoms with Crippen molar-refractivity contribution in [3.8, 4) is 0 Å². The minimum absolute atomic E-state index is 0.118. The molecule has 1 heterocycles. The SMILES string of the molecule is CC(NCc1ccc(N)cc1F)c1nccs1. The highest BCUT2D eigenvalue weighted by molar-refractivity contribution is 7.09. The lowest BCUT2D eigenvalue weighted by Gasteiger charge is -2.11. The van der Waals surface area contributed by atoms with Gasteiger partial charge in [0.1, 0.15) is 10.8 Å². The van der Waals surface area contributed by atoms with E-state index in [1.54, 1.807) is 29.7 Å². The highest BCUT2D eigenvalue weighted by Crippen LogP contribution is 2.17. The molecule has 1 atom stereocenters. The predicted octanol–water partition coefficient (Wildman–Crippen LogP) is 2.72. The lowest BCUT2D eigenvalue weighted by Crippen LogP contribution is -2.18. The molecule has 2 rings (SSSR count). The summed E-state index contributed by atoms with van der Waals surface area (Å²) in [4.78, 5) is 4.21. The molecule has 5 heteroatoms. The summed E-state index contributed by atoms with van der Waals surface area (Å²) in [6, 6.07) is 4.86. The summed E-state index contributed by atoms with van der Waals surface area (Å²) in [5, 5.41) is 6.16. The molecule has 1 aromatic heterocycles. The van der Waals surface area contributed by atoms with Crippen molar-refractivity contribution < 1.29 is 4.39 Å². The molecule has 1 unspecified atom stereocenters. The van der Waals surface area contributed by atoms with Crippen molar-refractivity contribution in [1.29, 1.82) is 0 Å². The number of anilines is 1. The van der Waals surface area contributed by atoms with Crippen LogP contribution in [0, 0.1) is 5.82 Å². The first-order chi connectivity index (χ1) is 8.16. The average molecular weight is 251 g/mol. The Morgan fingerprint density at radius 2 is 2.35 bits per heavy atom. The summed E-state index contributed by atoms with van der Waals surface area (Å²) >= 11 is 1.59. The quantitative estimate of drug-likeness (QED) is 0.821. The third-order valence-electron chi connectivity index (χ3n) is 2.50. The zero-order chi connectivity index (χ0) is 12.3. The number of nitrogens with two attached hydrogens (primary N) is 1. The first-order valence-corrected chi connectivity index (χ1v) is 6.21. The van der Waals surface area contributed by atoms with Crippen LogP contribution in [0.1, 0.15) is 23.5 Å². The van der Waals surface area contributed by atoms with Gasteiger partial charge < -0.3 is 11.1 Å². The molecule has 0 saturated carbocycles. The Labute approximate surface area is 103 Å². The third kappa shape index (κ3) is 3.01. The normalized spacial score (nSPS) is 12.6. The summed E-state index contributed by atoms with van der Waals surface area (Å²) in [7, 11) is 0. The fourth-order valence-corrected chi connectivity index (χ4v) is 2.18. The van der Waals surface area contributed by atoms with Gasteiger partial charge in [-0.25, -0.2) is 9.37 Å². The van der Waals surface area contributed by atoms with E-state index in [4.69, 9.17) is 5.73 Å². The van der Waals surface area contributed by atoms with Gasteiger partial charge in [0.05, 0.1) is 6.04 Å². The maximum atomic E-state index is 13.5. The van der Waals surface area contributed by atoms with Crippen LogP contribution in [0.15, 0.2) is 29.8 Å². The molecular weight excluding hydrogens is 237 g/mol. The molecule has 0 bridgehead atoms. The van der Waals surface area contributed by atoms with Gasteiger partial charge >= 0.3 is 0 Å². The minimum Gasteiger partial charge on any atom is -0.399 e. The molecule has 17 heavy (non-hydrogen) atoms. The third-order valence-corrected chi connectivity index (χ3v) is 3.46. The monoisotopic (exact) mass is 251 g/mol. The van der Waals surface area contributed by atoms with Crippen LogP contribution in [0.2, 0.25) is 0 Å². The van der Waals surface area contributed by atoms with Crippen molar-refractivity contribution in [3.63, 3.8) is 0 Å². The van der Waals surface area contributed by atoms with Crippen LogP contribution in [0.4, 0.5) is 10.1 Å². The largest absolute Gasteiger partial charge is 0.399 e. The molecular formula is C12H14FN3S. The van der Waals surface area contributed by atoms with E-state index in [1.807, 2.05) is 12.3 Å². The smallest absolute Gasteiger partial charge is 0.129 e. The number of halogens is 1. The van der Waals surface area contributed by atoms with Gasteiger partial charge in [0.25, 0.3) is 0 Å². The van der Waals surface area contributed by atoms with E-state index in [1.165, 1.54) is 6.07 Å². The van der Waals surface area contributed by atoms with Gasteiger partial charge in [0.15, 0.2) is 0 Å². The Morgan fingerprint density at radius 3 is 3.00 bits per heavy atom. The van der Waals surface area contributed by atoms with Gasteiger partial charge in [-0.15, -0.1) is 11.3 Å². The molecule has 0 radical (unpaired) electrons. The van der Waals surface area contributed by atoms with E-state index < -0.39 is 0 Å². The van der Waals surface area contributed by atoms with E-state index >= 15 is 0 Å². The van der Waals surface area contributed by atoms with E-state index in [0.29, 0.717) is 17.8 Å². The van der Waals surface area contributed by atoms with Gasteiger partial charge in [-0.3, -0.25) is 0 Å². The lowest BCUT2D eigenvalue weighted by molar-refractivity contribution is 0.543. The number of nitrogens with zero attached hydrogens (tertiary/aromatic N) is 1. The Kier molecular flexibility index (Phi) is 3.71. The van der Waals surface area contributed by atoms with Crippen LogP contribution < -0.4 is 11.1 Å². The first kappa shape index (κ1) is 12.0. The second-order valence-electron chi connectivity index (χ2n) is 3.82. The van der Waals surface area contributed by atoms with Crippen LogP contribution in [0.25, 0.3) is 0 Å². The number of aromatic nitrogens is 1. The second kappa shape index (κ2) is 5.25. The molecule has 0 saturated heterocycles. The van der Waals surface area contributed by atoms with E-state index in [2.05, 4.69) is 10.3 Å². The van der Waals surface area contributed by atoms with Crippen LogP contribution in [0.5, 0.6) is 0 Å². The number of hydrogen-bond acceptors (Lipinski definition) is 4. The number of nitrogen functional groups attached to an aromatic ring is 1. The molecule has 0 amide bonds. The Bertz CT molecular complexity index is 485. The predicted molar refractivity (Wildman–Crippen MR) is 68.2 cm³/mol. The minimum atomic E-state index is -0.274. The summed E-state index contributed by atoms with van der Waals surface area (Å²) in [5.41, 5.74) is 6.55. The van der Waals surface area contributed by atoms with E-state index in [9.17, 15) is 4.39 Å². The van der Waals surface area contributed by atoms with Gasteiger partial charge in [-0.2, -0.15) is 0 Å². The van der Waals surface area contributed by atoms with Crippen molar-refractivity contribution in [1.82, 2.24) is 10.3 Å². The summed E-state index contributed by atoms with van der Waals surface area (Å²) in [5.74, 6) is -0.274. The van der Waals surface area contributed by atoms with Gasteiger partial charge in [-0.05, 0) is 19.1 Å². The average Bonchev–Trinajstić information content (AvgIpc) is 2.81. The Morgan fingerprint density at radius 1 is 1.53 bits per heavy atom. The molecule has 1 aromatic carbocycles. The molecule has 0 spiro atoms. The molecule has 0 aliphatic carbocycles. The van der Waals surface area contributed by atoms with Crippen molar-refractivity contribution in [2.45, 2.75) is 19.5 Å². The Balaban J connectivity index is 1.98. The fraction of sp³-hybridized carbons (Fsp3) is 0.250. The topological polar surface area (TPSA) is 50.9 Å². The summed E-state index contributed by atoms with van der Waals surface area (Å²) in [6.07, 6.45) is 1.77. The van der Waals surface area contributed by atoms with Gasteiger partial charge in [0, 0.05) is 29.4 Å². The van der Waals surface area contributed by atoms with Crippen molar-refractivity contribution in [3.05, 3.63) is 46.2 Å². The number of benzene rings is 1. The van der Waals surface area contributed by atoms with Crippen LogP contribution >= 0.6 is 11.3 Å². The van der Waals surface area contributed by atoms with Gasteiger partial charge in [0.2, 0.25) is 0 Å². The lowest BCUT2D eigenvalue weighted by atomic mass is 10.2.